The zero-order chi connectivity index (χ0) is 13.8. The van der Waals surface area contributed by atoms with E-state index in [0.29, 0.717) is 11.1 Å². The van der Waals surface area contributed by atoms with Gasteiger partial charge in [0.05, 0.1) is 0 Å². The van der Waals surface area contributed by atoms with Crippen molar-refractivity contribution in [1.29, 1.82) is 10.5 Å². The summed E-state index contributed by atoms with van der Waals surface area (Å²) in [5, 5.41) is 17.1. The maximum atomic E-state index is 12.1. The summed E-state index contributed by atoms with van der Waals surface area (Å²) in [5.41, 5.74) is 0.629. The van der Waals surface area contributed by atoms with Crippen molar-refractivity contribution in [1.82, 2.24) is 0 Å². The third kappa shape index (κ3) is 4.18. The Kier molecular flexibility index (Phi) is 3.96. The van der Waals surface area contributed by atoms with Crippen LogP contribution in [0.25, 0.3) is 6.08 Å². The van der Waals surface area contributed by atoms with Crippen molar-refractivity contribution in [2.75, 3.05) is 0 Å². The van der Waals surface area contributed by atoms with Gasteiger partial charge in [-0.3, -0.25) is 0 Å². The fourth-order valence-corrected chi connectivity index (χ4v) is 1.31. The molecule has 1 aromatic carbocycles. The Balaban J connectivity index is 3.14. The van der Waals surface area contributed by atoms with Crippen LogP contribution in [0.2, 0.25) is 0 Å². The summed E-state index contributed by atoms with van der Waals surface area (Å²) in [6, 6.07) is 7.11. The predicted molar refractivity (Wildman–Crippen MR) is 57.1 cm³/mol. The number of allylic oxidation sites excluding steroid dienone is 1. The second kappa shape index (κ2) is 5.24. The Morgan fingerprint density at radius 2 is 1.83 bits per heavy atom. The molecule has 92 valence electrons. The quantitative estimate of drug-likeness (QED) is 0.758. The van der Waals surface area contributed by atoms with Crippen LogP contribution >= 0.6 is 0 Å². The lowest BCUT2D eigenvalue weighted by Gasteiger charge is -2.10. The van der Waals surface area contributed by atoms with Crippen molar-refractivity contribution in [2.24, 2.45) is 0 Å². The van der Waals surface area contributed by atoms with Gasteiger partial charge in [-0.15, -0.1) is 13.2 Å². The average Bonchev–Trinajstić information content (AvgIpc) is 2.22. The minimum Gasteiger partial charge on any atom is -0.406 e. The Labute approximate surface area is 101 Å². The maximum absolute atomic E-state index is 12.1. The zero-order valence-corrected chi connectivity index (χ0v) is 9.25. The molecule has 0 unspecified atom stereocenters. The maximum Gasteiger partial charge on any atom is 0.573 e. The molecule has 0 radical (unpaired) electrons. The number of alkyl halides is 3. The van der Waals surface area contributed by atoms with Crippen molar-refractivity contribution in [3.63, 3.8) is 0 Å². The number of rotatable bonds is 2. The normalized spacial score (nSPS) is 10.1. The molecule has 1 rings (SSSR count). The van der Waals surface area contributed by atoms with E-state index in [2.05, 4.69) is 4.74 Å². The Morgan fingerprint density at radius 1 is 1.22 bits per heavy atom. The lowest BCUT2D eigenvalue weighted by atomic mass is 10.1. The second-order valence-electron chi connectivity index (χ2n) is 3.41. The second-order valence-corrected chi connectivity index (χ2v) is 3.41. The first-order valence-corrected chi connectivity index (χ1v) is 4.73. The van der Waals surface area contributed by atoms with Gasteiger partial charge in [-0.25, -0.2) is 0 Å². The molecule has 0 aromatic heterocycles. The van der Waals surface area contributed by atoms with E-state index in [1.54, 1.807) is 19.1 Å². The van der Waals surface area contributed by atoms with E-state index in [-0.39, 0.29) is 11.3 Å². The lowest BCUT2D eigenvalue weighted by Crippen LogP contribution is -2.17. The van der Waals surface area contributed by atoms with Crippen LogP contribution in [0.3, 0.4) is 0 Å². The highest BCUT2D eigenvalue weighted by atomic mass is 19.4. The molecule has 6 heteroatoms. The molecular formula is C12H7F3N2O. The fraction of sp³-hybridized carbons (Fsp3) is 0.167. The van der Waals surface area contributed by atoms with Crippen LogP contribution in [0.4, 0.5) is 13.2 Å². The summed E-state index contributed by atoms with van der Waals surface area (Å²) in [7, 11) is 0. The summed E-state index contributed by atoms with van der Waals surface area (Å²) < 4.78 is 39.9. The van der Waals surface area contributed by atoms with Gasteiger partial charge >= 0.3 is 6.36 Å². The molecule has 0 spiro atoms. The van der Waals surface area contributed by atoms with Crippen LogP contribution in [-0.4, -0.2) is 6.36 Å². The van der Waals surface area contributed by atoms with E-state index in [0.717, 1.165) is 6.07 Å². The average molecular weight is 252 g/mol. The van der Waals surface area contributed by atoms with Crippen LogP contribution in [0, 0.1) is 29.6 Å². The standard InChI is InChI=1S/C12H7F3N2O/c1-8-2-9(4-10(6-16)7-17)5-11(3-8)18-12(13,14)15/h2-5H,1H3. The van der Waals surface area contributed by atoms with E-state index in [9.17, 15) is 13.2 Å². The molecule has 0 aliphatic carbocycles. The van der Waals surface area contributed by atoms with Crippen molar-refractivity contribution in [3.05, 3.63) is 34.9 Å². The lowest BCUT2D eigenvalue weighted by molar-refractivity contribution is -0.274. The molecule has 0 fully saturated rings. The topological polar surface area (TPSA) is 56.8 Å². The molecule has 0 aliphatic heterocycles. The highest BCUT2D eigenvalue weighted by Crippen LogP contribution is 2.25. The molecule has 0 saturated heterocycles. The molecule has 18 heavy (non-hydrogen) atoms. The first kappa shape index (κ1) is 13.6. The molecular weight excluding hydrogens is 245 g/mol. The number of nitriles is 2. The number of nitrogens with zero attached hydrogens (tertiary/aromatic N) is 2. The minimum atomic E-state index is -4.78. The summed E-state index contributed by atoms with van der Waals surface area (Å²) >= 11 is 0. The zero-order valence-electron chi connectivity index (χ0n) is 9.25. The number of aryl methyl sites for hydroxylation is 1. The molecule has 3 nitrogen and oxygen atoms in total. The van der Waals surface area contributed by atoms with Gasteiger partial charge in [-0.2, -0.15) is 10.5 Å². The summed E-state index contributed by atoms with van der Waals surface area (Å²) in [5.74, 6) is -0.385. The van der Waals surface area contributed by atoms with Gasteiger partial charge in [-0.05, 0) is 36.3 Å². The van der Waals surface area contributed by atoms with Crippen LogP contribution in [-0.2, 0) is 0 Å². The smallest absolute Gasteiger partial charge is 0.406 e. The number of halogens is 3. The van der Waals surface area contributed by atoms with Gasteiger partial charge < -0.3 is 4.74 Å². The Hall–Kier alpha value is -2.47. The predicted octanol–water partition coefficient (Wildman–Crippen LogP) is 3.32. The molecule has 0 aliphatic rings. The number of hydrogen-bond donors (Lipinski definition) is 0. The van der Waals surface area contributed by atoms with Crippen LogP contribution in [0.5, 0.6) is 5.75 Å². The number of ether oxygens (including phenoxy) is 1. The van der Waals surface area contributed by atoms with E-state index < -0.39 is 6.36 Å². The van der Waals surface area contributed by atoms with E-state index in [4.69, 9.17) is 10.5 Å². The Bertz CT molecular complexity index is 546. The van der Waals surface area contributed by atoms with Gasteiger partial charge in [0.15, 0.2) is 0 Å². The van der Waals surface area contributed by atoms with Crippen LogP contribution < -0.4 is 4.74 Å². The summed E-state index contributed by atoms with van der Waals surface area (Å²) in [6.45, 7) is 1.58. The van der Waals surface area contributed by atoms with E-state index >= 15 is 0 Å². The van der Waals surface area contributed by atoms with Crippen molar-refractivity contribution in [2.45, 2.75) is 13.3 Å². The molecule has 0 N–H and O–H groups in total. The van der Waals surface area contributed by atoms with E-state index in [1.165, 1.54) is 18.2 Å². The first-order chi connectivity index (χ1) is 8.34. The molecule has 0 heterocycles. The highest BCUT2D eigenvalue weighted by molar-refractivity contribution is 5.63. The highest BCUT2D eigenvalue weighted by Gasteiger charge is 2.31. The SMILES string of the molecule is Cc1cc(C=C(C#N)C#N)cc(OC(F)(F)F)c1. The molecule has 0 saturated carbocycles. The molecule has 1 aromatic rings. The van der Waals surface area contributed by atoms with Gasteiger partial charge in [0.25, 0.3) is 0 Å². The van der Waals surface area contributed by atoms with E-state index in [1.807, 2.05) is 0 Å². The number of hydrogen-bond acceptors (Lipinski definition) is 3. The van der Waals surface area contributed by atoms with Gasteiger partial charge in [0.2, 0.25) is 0 Å². The van der Waals surface area contributed by atoms with Gasteiger partial charge in [0.1, 0.15) is 23.5 Å². The molecule has 0 bridgehead atoms. The monoisotopic (exact) mass is 252 g/mol. The van der Waals surface area contributed by atoms with Crippen molar-refractivity contribution in [3.8, 4) is 17.9 Å². The van der Waals surface area contributed by atoms with Gasteiger partial charge in [-0.1, -0.05) is 6.07 Å². The van der Waals surface area contributed by atoms with Gasteiger partial charge in [0, 0.05) is 0 Å². The molecule has 0 amide bonds. The summed E-state index contributed by atoms with van der Waals surface area (Å²) in [4.78, 5) is 0. The van der Waals surface area contributed by atoms with Crippen molar-refractivity contribution < 1.29 is 17.9 Å². The van der Waals surface area contributed by atoms with Crippen LogP contribution in [0.15, 0.2) is 23.8 Å². The first-order valence-electron chi connectivity index (χ1n) is 4.73. The summed E-state index contributed by atoms with van der Waals surface area (Å²) in [6.07, 6.45) is -3.59. The third-order valence-corrected chi connectivity index (χ3v) is 1.86. The van der Waals surface area contributed by atoms with Crippen LogP contribution in [0.1, 0.15) is 11.1 Å². The molecule has 0 atom stereocenters. The largest absolute Gasteiger partial charge is 0.573 e. The number of benzene rings is 1. The third-order valence-electron chi connectivity index (χ3n) is 1.86. The minimum absolute atomic E-state index is 0.196. The fourth-order valence-electron chi connectivity index (χ4n) is 1.31. The Morgan fingerprint density at radius 3 is 2.33 bits per heavy atom. The van der Waals surface area contributed by atoms with Crippen molar-refractivity contribution >= 4 is 6.08 Å².